The summed E-state index contributed by atoms with van der Waals surface area (Å²) in [6.45, 7) is 0.513. The number of anilines is 1. The third-order valence-corrected chi connectivity index (χ3v) is 3.76. The fraction of sp³-hybridized carbons (Fsp3) is 0.533. The van der Waals surface area contributed by atoms with E-state index in [0.29, 0.717) is 30.4 Å². The number of fused-ring (bicyclic) bond motifs is 1. The van der Waals surface area contributed by atoms with Crippen LogP contribution in [0.1, 0.15) is 42.5 Å². The summed E-state index contributed by atoms with van der Waals surface area (Å²) in [6.07, 6.45) is 5.73. The number of amides is 1. The van der Waals surface area contributed by atoms with Crippen LogP contribution in [0.15, 0.2) is 6.07 Å². The van der Waals surface area contributed by atoms with Gasteiger partial charge in [-0.2, -0.15) is 5.26 Å². The van der Waals surface area contributed by atoms with E-state index in [2.05, 4.69) is 21.7 Å². The summed E-state index contributed by atoms with van der Waals surface area (Å²) in [5.74, 6) is 0.687. The van der Waals surface area contributed by atoms with Crippen LogP contribution >= 0.6 is 0 Å². The van der Waals surface area contributed by atoms with Crippen LogP contribution in [0.4, 0.5) is 5.82 Å². The number of aryl methyl sites for hydroxylation is 2. The Kier molecular flexibility index (Phi) is 3.55. The van der Waals surface area contributed by atoms with Crippen LogP contribution < -0.4 is 10.6 Å². The molecule has 1 amide bonds. The van der Waals surface area contributed by atoms with E-state index in [-0.39, 0.29) is 5.91 Å². The highest BCUT2D eigenvalue weighted by atomic mass is 16.1. The van der Waals surface area contributed by atoms with Gasteiger partial charge in [-0.15, -0.1) is 0 Å². The minimum Gasteiger partial charge on any atom is -0.368 e. The third kappa shape index (κ3) is 2.90. The Morgan fingerprint density at radius 3 is 3.05 bits per heavy atom. The summed E-state index contributed by atoms with van der Waals surface area (Å²) >= 11 is 0. The molecule has 1 fully saturated rings. The smallest absolute Gasteiger partial charge is 0.221 e. The molecule has 0 spiro atoms. The first-order valence-corrected chi connectivity index (χ1v) is 7.22. The van der Waals surface area contributed by atoms with Gasteiger partial charge in [-0.05, 0) is 43.7 Å². The second-order valence-electron chi connectivity index (χ2n) is 5.47. The first-order valence-electron chi connectivity index (χ1n) is 7.22. The van der Waals surface area contributed by atoms with Gasteiger partial charge in [0.25, 0.3) is 0 Å². The maximum absolute atomic E-state index is 11.6. The lowest BCUT2D eigenvalue weighted by Crippen LogP contribution is -2.27. The summed E-state index contributed by atoms with van der Waals surface area (Å²) in [6, 6.07) is 4.51. The molecule has 0 bridgehead atoms. The molecule has 0 radical (unpaired) electrons. The summed E-state index contributed by atoms with van der Waals surface area (Å²) in [5, 5.41) is 15.2. The van der Waals surface area contributed by atoms with Crippen molar-refractivity contribution in [1.29, 1.82) is 5.26 Å². The molecule has 1 saturated carbocycles. The number of carbonyl (C=O) groups excluding carboxylic acids is 1. The first kappa shape index (κ1) is 12.9. The van der Waals surface area contributed by atoms with Crippen LogP contribution in [0.25, 0.3) is 0 Å². The Morgan fingerprint density at radius 2 is 2.30 bits per heavy atom. The molecule has 20 heavy (non-hydrogen) atoms. The van der Waals surface area contributed by atoms with E-state index in [0.717, 1.165) is 37.8 Å². The molecule has 1 heterocycles. The van der Waals surface area contributed by atoms with Gasteiger partial charge < -0.3 is 10.6 Å². The lowest BCUT2D eigenvalue weighted by molar-refractivity contribution is -0.120. The van der Waals surface area contributed by atoms with Gasteiger partial charge in [0.2, 0.25) is 5.91 Å². The van der Waals surface area contributed by atoms with E-state index in [1.165, 1.54) is 5.56 Å². The van der Waals surface area contributed by atoms with E-state index in [9.17, 15) is 10.1 Å². The lowest BCUT2D eigenvalue weighted by Gasteiger charge is -2.09. The largest absolute Gasteiger partial charge is 0.368 e. The van der Waals surface area contributed by atoms with Gasteiger partial charge in [0.1, 0.15) is 11.9 Å². The summed E-state index contributed by atoms with van der Waals surface area (Å²) < 4.78 is 0. The van der Waals surface area contributed by atoms with Gasteiger partial charge in [-0.1, -0.05) is 0 Å². The molecule has 5 nitrogen and oxygen atoms in total. The fourth-order valence-electron chi connectivity index (χ4n) is 2.51. The van der Waals surface area contributed by atoms with Crippen molar-refractivity contribution >= 4 is 11.7 Å². The first-order chi connectivity index (χ1) is 9.76. The molecule has 2 aliphatic carbocycles. The predicted octanol–water partition coefficient (Wildman–Crippen LogP) is 1.52. The molecule has 0 aliphatic heterocycles. The summed E-state index contributed by atoms with van der Waals surface area (Å²) in [4.78, 5) is 16.1. The van der Waals surface area contributed by atoms with E-state index in [1.807, 2.05) is 6.07 Å². The molecule has 1 aromatic rings. The van der Waals surface area contributed by atoms with Crippen molar-refractivity contribution in [1.82, 2.24) is 10.3 Å². The molecular weight excluding hydrogens is 252 g/mol. The van der Waals surface area contributed by atoms with E-state index >= 15 is 0 Å². The van der Waals surface area contributed by atoms with Gasteiger partial charge in [-0.3, -0.25) is 4.79 Å². The van der Waals surface area contributed by atoms with Gasteiger partial charge in [0.15, 0.2) is 0 Å². The number of nitriles is 1. The van der Waals surface area contributed by atoms with Crippen LogP contribution in [0.5, 0.6) is 0 Å². The molecule has 0 atom stereocenters. The second-order valence-corrected chi connectivity index (χ2v) is 5.47. The minimum atomic E-state index is 0.0691. The molecule has 2 N–H and O–H groups in total. The molecule has 2 aliphatic rings. The van der Waals surface area contributed by atoms with Crippen molar-refractivity contribution in [3.05, 3.63) is 22.9 Å². The Hall–Kier alpha value is -2.09. The van der Waals surface area contributed by atoms with Gasteiger partial charge in [-0.25, -0.2) is 4.98 Å². The van der Waals surface area contributed by atoms with Gasteiger partial charge in [0, 0.05) is 24.7 Å². The molecule has 5 heteroatoms. The Bertz CT molecular complexity index is 572. The number of nitrogens with zero attached hydrogens (tertiary/aromatic N) is 2. The number of hydrogen-bond acceptors (Lipinski definition) is 4. The van der Waals surface area contributed by atoms with Gasteiger partial charge >= 0.3 is 0 Å². The number of hydrogen-bond donors (Lipinski definition) is 2. The van der Waals surface area contributed by atoms with E-state index < -0.39 is 0 Å². The quantitative estimate of drug-likeness (QED) is 0.850. The monoisotopic (exact) mass is 270 g/mol. The number of nitrogens with one attached hydrogen (secondary N) is 2. The summed E-state index contributed by atoms with van der Waals surface area (Å²) in [5.41, 5.74) is 2.86. The van der Waals surface area contributed by atoms with Crippen molar-refractivity contribution in [3.63, 3.8) is 0 Å². The number of pyridine rings is 1. The molecule has 3 rings (SSSR count). The van der Waals surface area contributed by atoms with Crippen molar-refractivity contribution in [2.24, 2.45) is 0 Å². The maximum atomic E-state index is 11.6. The molecule has 1 aromatic heterocycles. The van der Waals surface area contributed by atoms with Crippen LogP contribution in [0.2, 0.25) is 0 Å². The van der Waals surface area contributed by atoms with E-state index in [4.69, 9.17) is 0 Å². The zero-order valence-corrected chi connectivity index (χ0v) is 11.4. The average molecular weight is 270 g/mol. The molecular formula is C15H18N4O. The normalized spacial score (nSPS) is 16.4. The predicted molar refractivity (Wildman–Crippen MR) is 75.2 cm³/mol. The summed E-state index contributed by atoms with van der Waals surface area (Å²) in [7, 11) is 0. The van der Waals surface area contributed by atoms with E-state index in [1.54, 1.807) is 0 Å². The lowest BCUT2D eigenvalue weighted by atomic mass is 10.1. The molecule has 0 unspecified atom stereocenters. The third-order valence-electron chi connectivity index (χ3n) is 3.76. The minimum absolute atomic E-state index is 0.0691. The Morgan fingerprint density at radius 1 is 1.45 bits per heavy atom. The maximum Gasteiger partial charge on any atom is 0.221 e. The van der Waals surface area contributed by atoms with Crippen LogP contribution in [0, 0.1) is 11.3 Å². The Balaban J connectivity index is 1.59. The fourth-order valence-corrected chi connectivity index (χ4v) is 2.51. The SMILES string of the molecule is N#Cc1cc2c(nc1NCCC(=O)NC1CC1)CCC2. The zero-order valence-electron chi connectivity index (χ0n) is 11.4. The highest BCUT2D eigenvalue weighted by Gasteiger charge is 2.23. The van der Waals surface area contributed by atoms with Crippen LogP contribution in [-0.2, 0) is 17.6 Å². The molecule has 104 valence electrons. The van der Waals surface area contributed by atoms with Crippen LogP contribution in [0.3, 0.4) is 0 Å². The highest BCUT2D eigenvalue weighted by molar-refractivity contribution is 5.77. The standard InChI is InChI=1S/C15H18N4O/c16-9-11-8-10-2-1-3-13(10)19-15(11)17-7-6-14(20)18-12-4-5-12/h8,12H,1-7H2,(H,17,19)(H,18,20). The average Bonchev–Trinajstić information content (AvgIpc) is 3.13. The van der Waals surface area contributed by atoms with Crippen molar-refractivity contribution in [2.75, 3.05) is 11.9 Å². The van der Waals surface area contributed by atoms with Crippen molar-refractivity contribution in [2.45, 2.75) is 44.6 Å². The molecule has 0 aromatic carbocycles. The number of carbonyl (C=O) groups is 1. The van der Waals surface area contributed by atoms with Crippen molar-refractivity contribution in [3.8, 4) is 6.07 Å². The topological polar surface area (TPSA) is 77.8 Å². The van der Waals surface area contributed by atoms with Gasteiger partial charge in [0.05, 0.1) is 5.56 Å². The molecule has 0 saturated heterocycles. The zero-order chi connectivity index (χ0) is 13.9. The van der Waals surface area contributed by atoms with Crippen molar-refractivity contribution < 1.29 is 4.79 Å². The Labute approximate surface area is 118 Å². The number of rotatable bonds is 5. The van der Waals surface area contributed by atoms with Crippen LogP contribution in [-0.4, -0.2) is 23.5 Å². The number of aromatic nitrogens is 1. The second kappa shape index (κ2) is 5.49. The highest BCUT2D eigenvalue weighted by Crippen LogP contribution is 2.24.